The highest BCUT2D eigenvalue weighted by atomic mass is 35.5. The third-order valence-electron chi connectivity index (χ3n) is 3.05. The van der Waals surface area contributed by atoms with Gasteiger partial charge < -0.3 is 4.57 Å². The molecule has 2 nitrogen and oxygen atoms in total. The summed E-state index contributed by atoms with van der Waals surface area (Å²) in [5, 5.41) is 0.657. The maximum atomic E-state index is 11.0. The van der Waals surface area contributed by atoms with Crippen molar-refractivity contribution in [2.45, 2.75) is 45.6 Å². The minimum atomic E-state index is 0.366. The number of rotatable bonds is 3. The van der Waals surface area contributed by atoms with Crippen molar-refractivity contribution >= 4 is 17.9 Å². The highest BCUT2D eigenvalue weighted by Gasteiger charge is 2.31. The number of carbonyl (C=O) groups excluding carboxylic acids is 1. The molecule has 1 saturated carbocycles. The first-order chi connectivity index (χ1) is 7.07. The molecule has 1 aliphatic rings. The van der Waals surface area contributed by atoms with Crippen molar-refractivity contribution < 1.29 is 4.79 Å². The Labute approximate surface area is 95.2 Å². The van der Waals surface area contributed by atoms with Gasteiger partial charge in [0.15, 0.2) is 6.29 Å². The van der Waals surface area contributed by atoms with Crippen LogP contribution in [-0.2, 0) is 0 Å². The second kappa shape index (κ2) is 3.67. The Hall–Kier alpha value is -0.760. The Morgan fingerprint density at radius 3 is 2.47 bits per heavy atom. The fourth-order valence-electron chi connectivity index (χ4n) is 2.18. The molecule has 0 N–H and O–H groups in total. The molecular formula is C12H16ClNO. The van der Waals surface area contributed by atoms with Crippen LogP contribution in [0.5, 0.6) is 0 Å². The summed E-state index contributed by atoms with van der Waals surface area (Å²) in [5.74, 6) is 0.366. The second-order valence-electron chi connectivity index (χ2n) is 4.57. The molecule has 0 amide bonds. The molecular weight excluding hydrogens is 210 g/mol. The summed E-state index contributed by atoms with van der Waals surface area (Å²) in [6.45, 7) is 6.22. The van der Waals surface area contributed by atoms with Crippen LogP contribution in [0, 0.1) is 6.92 Å². The zero-order chi connectivity index (χ0) is 11.2. The minimum absolute atomic E-state index is 0.366. The number of halogens is 1. The lowest BCUT2D eigenvalue weighted by Gasteiger charge is -2.13. The van der Waals surface area contributed by atoms with Crippen molar-refractivity contribution in [2.75, 3.05) is 0 Å². The highest BCUT2D eigenvalue weighted by molar-refractivity contribution is 6.34. The van der Waals surface area contributed by atoms with Crippen LogP contribution in [0.25, 0.3) is 0 Å². The number of hydrogen-bond donors (Lipinski definition) is 0. The van der Waals surface area contributed by atoms with Gasteiger partial charge in [-0.2, -0.15) is 0 Å². The van der Waals surface area contributed by atoms with Gasteiger partial charge >= 0.3 is 0 Å². The van der Waals surface area contributed by atoms with Crippen molar-refractivity contribution in [3.63, 3.8) is 0 Å². The molecule has 0 aromatic carbocycles. The van der Waals surface area contributed by atoms with Gasteiger partial charge in [0.25, 0.3) is 0 Å². The molecule has 1 aliphatic carbocycles. The van der Waals surface area contributed by atoms with Gasteiger partial charge in [-0.3, -0.25) is 4.79 Å². The molecule has 1 heterocycles. The molecule has 1 aromatic rings. The molecule has 0 spiro atoms. The van der Waals surface area contributed by atoms with Crippen molar-refractivity contribution in [2.24, 2.45) is 0 Å². The van der Waals surface area contributed by atoms with Crippen LogP contribution < -0.4 is 0 Å². The molecule has 15 heavy (non-hydrogen) atoms. The van der Waals surface area contributed by atoms with Crippen molar-refractivity contribution in [1.82, 2.24) is 4.57 Å². The van der Waals surface area contributed by atoms with E-state index < -0.39 is 0 Å². The van der Waals surface area contributed by atoms with Crippen molar-refractivity contribution in [3.05, 3.63) is 22.0 Å². The zero-order valence-corrected chi connectivity index (χ0v) is 10.1. The monoisotopic (exact) mass is 225 g/mol. The number of aromatic nitrogens is 1. The molecule has 0 radical (unpaired) electrons. The topological polar surface area (TPSA) is 22.0 Å². The van der Waals surface area contributed by atoms with E-state index in [1.165, 1.54) is 12.8 Å². The third-order valence-corrected chi connectivity index (χ3v) is 3.45. The van der Waals surface area contributed by atoms with E-state index in [2.05, 4.69) is 18.4 Å². The summed E-state index contributed by atoms with van der Waals surface area (Å²) in [6.07, 6.45) is 3.30. The van der Waals surface area contributed by atoms with Gasteiger partial charge in [-0.25, -0.2) is 0 Å². The average Bonchev–Trinajstić information content (AvgIpc) is 2.93. The molecule has 3 heteroatoms. The van der Waals surface area contributed by atoms with Gasteiger partial charge in [-0.1, -0.05) is 25.4 Å². The van der Waals surface area contributed by atoms with Crippen LogP contribution in [0.4, 0.5) is 0 Å². The quantitative estimate of drug-likeness (QED) is 0.719. The van der Waals surface area contributed by atoms with Gasteiger partial charge in [-0.15, -0.1) is 0 Å². The summed E-state index contributed by atoms with van der Waals surface area (Å²) in [5.41, 5.74) is 2.83. The van der Waals surface area contributed by atoms with Crippen molar-refractivity contribution in [3.8, 4) is 0 Å². The van der Waals surface area contributed by atoms with Crippen LogP contribution >= 0.6 is 11.6 Å². The Balaban J connectivity index is 2.63. The Bertz CT molecular complexity index is 377. The molecule has 0 atom stereocenters. The predicted octanol–water partition coefficient (Wildman–Crippen LogP) is 3.72. The molecule has 0 aliphatic heterocycles. The minimum Gasteiger partial charge on any atom is -0.343 e. The van der Waals surface area contributed by atoms with E-state index in [9.17, 15) is 4.79 Å². The molecule has 1 aromatic heterocycles. The van der Waals surface area contributed by atoms with E-state index in [0.717, 1.165) is 17.7 Å². The number of nitrogens with zero attached hydrogens (tertiary/aromatic N) is 1. The Morgan fingerprint density at radius 2 is 2.07 bits per heavy atom. The smallest absolute Gasteiger partial charge is 0.153 e. The first-order valence-corrected chi connectivity index (χ1v) is 5.81. The summed E-state index contributed by atoms with van der Waals surface area (Å²) < 4.78 is 2.26. The number of aldehydes is 1. The Morgan fingerprint density at radius 1 is 1.47 bits per heavy atom. The van der Waals surface area contributed by atoms with E-state index in [-0.39, 0.29) is 0 Å². The van der Waals surface area contributed by atoms with Crippen LogP contribution in [-0.4, -0.2) is 10.9 Å². The van der Waals surface area contributed by atoms with E-state index in [0.29, 0.717) is 22.5 Å². The van der Waals surface area contributed by atoms with Crippen LogP contribution in [0.15, 0.2) is 0 Å². The van der Waals surface area contributed by atoms with E-state index in [4.69, 9.17) is 11.6 Å². The molecule has 1 fully saturated rings. The predicted molar refractivity (Wildman–Crippen MR) is 61.9 cm³/mol. The second-order valence-corrected chi connectivity index (χ2v) is 4.95. The average molecular weight is 226 g/mol. The molecule has 0 bridgehead atoms. The first kappa shape index (κ1) is 10.7. The zero-order valence-electron chi connectivity index (χ0n) is 9.38. The van der Waals surface area contributed by atoms with E-state index in [1.807, 2.05) is 6.92 Å². The summed E-state index contributed by atoms with van der Waals surface area (Å²) in [4.78, 5) is 11.0. The molecule has 0 unspecified atom stereocenters. The molecule has 2 rings (SSSR count). The lowest BCUT2D eigenvalue weighted by molar-refractivity contribution is 0.112. The van der Waals surface area contributed by atoms with Crippen LogP contribution in [0.1, 0.15) is 60.4 Å². The standard InChI is InChI=1S/C12H16ClNO/c1-7(2)12-11(13)10(6-15)8(3)14(12)9-4-5-9/h6-7,9H,4-5H2,1-3H3. The number of carbonyl (C=O) groups is 1. The normalized spacial score (nSPS) is 16.1. The highest BCUT2D eigenvalue weighted by Crippen LogP contribution is 2.43. The van der Waals surface area contributed by atoms with E-state index >= 15 is 0 Å². The fraction of sp³-hybridized carbons (Fsp3) is 0.583. The summed E-state index contributed by atoms with van der Waals surface area (Å²) >= 11 is 6.25. The van der Waals surface area contributed by atoms with Crippen LogP contribution in [0.3, 0.4) is 0 Å². The molecule has 82 valence electrons. The lowest BCUT2D eigenvalue weighted by atomic mass is 10.1. The SMILES string of the molecule is Cc1c(C=O)c(Cl)c(C(C)C)n1C1CC1. The summed E-state index contributed by atoms with van der Waals surface area (Å²) in [6, 6.07) is 0.577. The number of hydrogen-bond acceptors (Lipinski definition) is 1. The third kappa shape index (κ3) is 1.61. The Kier molecular flexibility index (Phi) is 2.63. The van der Waals surface area contributed by atoms with E-state index in [1.54, 1.807) is 0 Å². The van der Waals surface area contributed by atoms with Gasteiger partial charge in [-0.05, 0) is 25.7 Å². The largest absolute Gasteiger partial charge is 0.343 e. The van der Waals surface area contributed by atoms with Gasteiger partial charge in [0.2, 0.25) is 0 Å². The first-order valence-electron chi connectivity index (χ1n) is 5.43. The molecule has 0 saturated heterocycles. The lowest BCUT2D eigenvalue weighted by Crippen LogP contribution is -2.04. The van der Waals surface area contributed by atoms with Gasteiger partial charge in [0.1, 0.15) is 0 Å². The maximum Gasteiger partial charge on any atom is 0.153 e. The fourth-order valence-corrected chi connectivity index (χ4v) is 2.68. The van der Waals surface area contributed by atoms with Crippen molar-refractivity contribution in [1.29, 1.82) is 0 Å². The van der Waals surface area contributed by atoms with Gasteiger partial charge in [0, 0.05) is 17.4 Å². The van der Waals surface area contributed by atoms with Gasteiger partial charge in [0.05, 0.1) is 10.6 Å². The summed E-state index contributed by atoms with van der Waals surface area (Å²) in [7, 11) is 0. The maximum absolute atomic E-state index is 11.0. The van der Waals surface area contributed by atoms with Crippen LogP contribution in [0.2, 0.25) is 5.02 Å².